The summed E-state index contributed by atoms with van der Waals surface area (Å²) in [5.41, 5.74) is 0. The molecule has 0 saturated heterocycles. The SMILES string of the molecule is CC1C=CC(Br)=NC(Cl)=C1. The zero-order valence-electron chi connectivity index (χ0n) is 5.51. The summed E-state index contributed by atoms with van der Waals surface area (Å²) >= 11 is 8.96. The van der Waals surface area contributed by atoms with Crippen LogP contribution < -0.4 is 0 Å². The first-order chi connectivity index (χ1) is 4.68. The third-order valence-electron chi connectivity index (χ3n) is 1.15. The summed E-state index contributed by atoms with van der Waals surface area (Å²) in [5.74, 6) is 0.367. The van der Waals surface area contributed by atoms with Gasteiger partial charge >= 0.3 is 0 Å². The van der Waals surface area contributed by atoms with Crippen LogP contribution in [0.1, 0.15) is 6.92 Å². The molecule has 3 heteroatoms. The minimum absolute atomic E-state index is 0.367. The van der Waals surface area contributed by atoms with E-state index in [1.807, 2.05) is 18.2 Å². The van der Waals surface area contributed by atoms with E-state index in [4.69, 9.17) is 11.6 Å². The lowest BCUT2D eigenvalue weighted by Gasteiger charge is -1.92. The summed E-state index contributed by atoms with van der Waals surface area (Å²) in [5, 5.41) is 0.546. The molecule has 1 heterocycles. The monoisotopic (exact) mass is 219 g/mol. The van der Waals surface area contributed by atoms with Crippen molar-refractivity contribution in [3.8, 4) is 0 Å². The molecule has 10 heavy (non-hydrogen) atoms. The van der Waals surface area contributed by atoms with Crippen LogP contribution in [0.15, 0.2) is 28.4 Å². The van der Waals surface area contributed by atoms with Crippen molar-refractivity contribution < 1.29 is 0 Å². The van der Waals surface area contributed by atoms with Gasteiger partial charge in [-0.15, -0.1) is 0 Å². The number of hydrogen-bond acceptors (Lipinski definition) is 1. The molecule has 0 saturated carbocycles. The number of nitrogens with zero attached hydrogens (tertiary/aromatic N) is 1. The molecule has 0 N–H and O–H groups in total. The largest absolute Gasteiger partial charge is 0.230 e. The molecule has 0 aromatic heterocycles. The van der Waals surface area contributed by atoms with E-state index >= 15 is 0 Å². The van der Waals surface area contributed by atoms with Crippen molar-refractivity contribution in [2.24, 2.45) is 10.9 Å². The number of hydrogen-bond donors (Lipinski definition) is 0. The molecule has 0 aliphatic carbocycles. The van der Waals surface area contributed by atoms with Crippen molar-refractivity contribution >= 4 is 32.2 Å². The van der Waals surface area contributed by atoms with Gasteiger partial charge in [-0.05, 0) is 34.0 Å². The Labute approximate surface area is 73.6 Å². The predicted octanol–water partition coefficient (Wildman–Crippen LogP) is 3.07. The summed E-state index contributed by atoms with van der Waals surface area (Å²) in [6.45, 7) is 2.06. The van der Waals surface area contributed by atoms with Gasteiger partial charge in [0.2, 0.25) is 0 Å². The van der Waals surface area contributed by atoms with E-state index in [1.54, 1.807) is 0 Å². The molecule has 0 spiro atoms. The van der Waals surface area contributed by atoms with Gasteiger partial charge < -0.3 is 0 Å². The average Bonchev–Trinajstić information content (AvgIpc) is 1.93. The fourth-order valence-corrected chi connectivity index (χ4v) is 1.42. The molecular weight excluding hydrogens is 213 g/mol. The van der Waals surface area contributed by atoms with Crippen molar-refractivity contribution in [1.29, 1.82) is 0 Å². The lowest BCUT2D eigenvalue weighted by atomic mass is 10.2. The van der Waals surface area contributed by atoms with Crippen LogP contribution in [-0.4, -0.2) is 4.62 Å². The van der Waals surface area contributed by atoms with E-state index in [1.165, 1.54) is 0 Å². The minimum atomic E-state index is 0.367. The topological polar surface area (TPSA) is 12.4 Å². The normalized spacial score (nSPS) is 25.3. The molecule has 1 nitrogen and oxygen atoms in total. The molecule has 0 aromatic rings. The minimum Gasteiger partial charge on any atom is -0.230 e. The Morgan fingerprint density at radius 3 is 3.10 bits per heavy atom. The molecule has 1 aliphatic rings. The van der Waals surface area contributed by atoms with Crippen LogP contribution in [0.25, 0.3) is 0 Å². The second kappa shape index (κ2) is 3.35. The molecular formula is C7H7BrClN. The van der Waals surface area contributed by atoms with Gasteiger partial charge in [0.15, 0.2) is 0 Å². The highest BCUT2D eigenvalue weighted by molar-refractivity contribution is 9.18. The van der Waals surface area contributed by atoms with Crippen LogP contribution in [0, 0.1) is 5.92 Å². The average molecular weight is 220 g/mol. The Balaban J connectivity index is 2.88. The van der Waals surface area contributed by atoms with Gasteiger partial charge in [-0.2, -0.15) is 0 Å². The van der Waals surface area contributed by atoms with Crippen LogP contribution in [0.5, 0.6) is 0 Å². The van der Waals surface area contributed by atoms with Crippen molar-refractivity contribution in [2.45, 2.75) is 6.92 Å². The van der Waals surface area contributed by atoms with Crippen molar-refractivity contribution in [1.82, 2.24) is 0 Å². The van der Waals surface area contributed by atoms with Crippen molar-refractivity contribution in [3.63, 3.8) is 0 Å². The zero-order chi connectivity index (χ0) is 7.56. The molecule has 0 fully saturated rings. The number of halogens is 2. The maximum absolute atomic E-state index is 5.71. The van der Waals surface area contributed by atoms with E-state index in [2.05, 4.69) is 27.8 Å². The molecule has 1 aliphatic heterocycles. The maximum Gasteiger partial charge on any atom is 0.126 e. The second-order valence-corrected chi connectivity index (χ2v) is 3.34. The van der Waals surface area contributed by atoms with Crippen LogP contribution in [-0.2, 0) is 0 Å². The highest BCUT2D eigenvalue weighted by Gasteiger charge is 2.00. The second-order valence-electron chi connectivity index (χ2n) is 2.14. The van der Waals surface area contributed by atoms with Crippen molar-refractivity contribution in [2.75, 3.05) is 0 Å². The molecule has 1 rings (SSSR count). The molecule has 0 radical (unpaired) electrons. The third-order valence-corrected chi connectivity index (χ3v) is 1.80. The maximum atomic E-state index is 5.71. The predicted molar refractivity (Wildman–Crippen MR) is 48.6 cm³/mol. The first-order valence-electron chi connectivity index (χ1n) is 2.98. The van der Waals surface area contributed by atoms with Crippen LogP contribution >= 0.6 is 27.5 Å². The van der Waals surface area contributed by atoms with E-state index in [0.29, 0.717) is 11.1 Å². The summed E-state index contributed by atoms with van der Waals surface area (Å²) in [6.07, 6.45) is 5.83. The van der Waals surface area contributed by atoms with E-state index in [-0.39, 0.29) is 0 Å². The Morgan fingerprint density at radius 2 is 2.40 bits per heavy atom. The lowest BCUT2D eigenvalue weighted by molar-refractivity contribution is 0.937. The summed E-state index contributed by atoms with van der Waals surface area (Å²) < 4.78 is 0.776. The molecule has 1 unspecified atom stereocenters. The van der Waals surface area contributed by atoms with Gasteiger partial charge in [0.1, 0.15) is 9.78 Å². The molecule has 0 bridgehead atoms. The molecule has 0 amide bonds. The summed E-state index contributed by atoms with van der Waals surface area (Å²) in [4.78, 5) is 4.00. The van der Waals surface area contributed by atoms with Crippen LogP contribution in [0.4, 0.5) is 0 Å². The summed E-state index contributed by atoms with van der Waals surface area (Å²) in [7, 11) is 0. The first kappa shape index (κ1) is 8.02. The lowest BCUT2D eigenvalue weighted by Crippen LogP contribution is -1.80. The number of allylic oxidation sites excluding steroid dienone is 3. The van der Waals surface area contributed by atoms with Crippen LogP contribution in [0.3, 0.4) is 0 Å². The van der Waals surface area contributed by atoms with E-state index < -0.39 is 0 Å². The van der Waals surface area contributed by atoms with Crippen molar-refractivity contribution in [3.05, 3.63) is 23.4 Å². The number of aliphatic imine (C=N–C) groups is 1. The van der Waals surface area contributed by atoms with Gasteiger partial charge in [-0.1, -0.05) is 24.6 Å². The van der Waals surface area contributed by atoms with E-state index in [0.717, 1.165) is 4.62 Å². The van der Waals surface area contributed by atoms with Gasteiger partial charge in [0.05, 0.1) is 0 Å². The highest BCUT2D eigenvalue weighted by atomic mass is 79.9. The smallest absolute Gasteiger partial charge is 0.126 e. The Morgan fingerprint density at radius 1 is 1.70 bits per heavy atom. The van der Waals surface area contributed by atoms with Gasteiger partial charge in [0, 0.05) is 0 Å². The van der Waals surface area contributed by atoms with Crippen LogP contribution in [0.2, 0.25) is 0 Å². The number of rotatable bonds is 0. The molecule has 0 aromatic carbocycles. The summed E-state index contributed by atoms with van der Waals surface area (Å²) in [6, 6.07) is 0. The fourth-order valence-electron chi connectivity index (χ4n) is 0.680. The van der Waals surface area contributed by atoms with Gasteiger partial charge in [-0.25, -0.2) is 4.99 Å². The Bertz CT molecular complexity index is 218. The molecule has 1 atom stereocenters. The Hall–Kier alpha value is -0.0800. The van der Waals surface area contributed by atoms with Gasteiger partial charge in [0.25, 0.3) is 0 Å². The van der Waals surface area contributed by atoms with Gasteiger partial charge in [-0.3, -0.25) is 0 Å². The third kappa shape index (κ3) is 2.27. The fraction of sp³-hybridized carbons (Fsp3) is 0.286. The van der Waals surface area contributed by atoms with E-state index in [9.17, 15) is 0 Å². The quantitative estimate of drug-likeness (QED) is 0.557. The highest BCUT2D eigenvalue weighted by Crippen LogP contribution is 2.15. The standard InChI is InChI=1S/C7H7BrClN/c1-5-2-3-6(8)10-7(9)4-5/h2-5H,1H3. The molecule has 54 valence electrons. The Kier molecular flexibility index (Phi) is 2.69. The zero-order valence-corrected chi connectivity index (χ0v) is 7.85. The first-order valence-corrected chi connectivity index (χ1v) is 4.15.